The van der Waals surface area contributed by atoms with Crippen LogP contribution in [-0.2, 0) is 4.79 Å². The zero-order chi connectivity index (χ0) is 18.1. The number of nitrogens with zero attached hydrogens (tertiary/aromatic N) is 2. The van der Waals surface area contributed by atoms with Crippen LogP contribution in [0.3, 0.4) is 0 Å². The molecule has 4 rings (SSSR count). The van der Waals surface area contributed by atoms with Gasteiger partial charge in [-0.2, -0.15) is 0 Å². The van der Waals surface area contributed by atoms with Gasteiger partial charge in [-0.25, -0.2) is 9.37 Å². The number of carbonyl (C=O) groups excluding carboxylic acids is 1. The van der Waals surface area contributed by atoms with E-state index in [4.69, 9.17) is 9.47 Å². The lowest BCUT2D eigenvalue weighted by molar-refractivity contribution is -0.125. The molecule has 0 saturated carbocycles. The largest absolute Gasteiger partial charge is 0.485 e. The summed E-state index contributed by atoms with van der Waals surface area (Å²) < 4.78 is 27.2. The molecule has 7 heteroatoms. The summed E-state index contributed by atoms with van der Waals surface area (Å²) in [4.78, 5) is 16.5. The first kappa shape index (κ1) is 16.1. The van der Waals surface area contributed by atoms with Crippen molar-refractivity contribution < 1.29 is 18.7 Å². The van der Waals surface area contributed by atoms with Crippen molar-refractivity contribution in [3.05, 3.63) is 66.5 Å². The maximum absolute atomic E-state index is 14.4. The van der Waals surface area contributed by atoms with Crippen LogP contribution in [0.1, 0.15) is 5.82 Å². The Morgan fingerprint density at radius 1 is 1.27 bits per heavy atom. The highest BCUT2D eigenvalue weighted by Gasteiger charge is 2.27. The average molecular weight is 353 g/mol. The van der Waals surface area contributed by atoms with E-state index >= 15 is 0 Å². The Labute approximate surface area is 149 Å². The van der Waals surface area contributed by atoms with Crippen LogP contribution in [0, 0.1) is 12.7 Å². The van der Waals surface area contributed by atoms with Gasteiger partial charge < -0.3 is 19.4 Å². The van der Waals surface area contributed by atoms with Gasteiger partial charge in [0.05, 0.1) is 5.69 Å². The third kappa shape index (κ3) is 2.99. The third-order valence-corrected chi connectivity index (χ3v) is 4.10. The first-order valence-electron chi connectivity index (χ1n) is 8.11. The Bertz CT molecular complexity index is 970. The Balaban J connectivity index is 1.49. The number of aryl methyl sites for hydroxylation is 1. The summed E-state index contributed by atoms with van der Waals surface area (Å²) in [5.41, 5.74) is 0.709. The Morgan fingerprint density at radius 2 is 2.08 bits per heavy atom. The maximum Gasteiger partial charge on any atom is 0.269 e. The normalized spacial score (nSPS) is 15.5. The molecule has 1 atom stereocenters. The fourth-order valence-electron chi connectivity index (χ4n) is 2.78. The van der Waals surface area contributed by atoms with Crippen molar-refractivity contribution in [2.75, 3.05) is 11.9 Å². The van der Waals surface area contributed by atoms with Gasteiger partial charge >= 0.3 is 0 Å². The molecule has 0 saturated heterocycles. The van der Waals surface area contributed by atoms with Crippen LogP contribution in [0.25, 0.3) is 5.69 Å². The highest BCUT2D eigenvalue weighted by molar-refractivity contribution is 5.94. The van der Waals surface area contributed by atoms with Crippen LogP contribution < -0.4 is 14.8 Å². The lowest BCUT2D eigenvalue weighted by Gasteiger charge is -2.25. The molecule has 0 spiro atoms. The molecule has 0 aliphatic carbocycles. The lowest BCUT2D eigenvalue weighted by Crippen LogP contribution is -2.40. The molecule has 3 aromatic rings. The molecule has 132 valence electrons. The van der Waals surface area contributed by atoms with Crippen molar-refractivity contribution in [3.8, 4) is 17.2 Å². The number of carbonyl (C=O) groups is 1. The summed E-state index contributed by atoms with van der Waals surface area (Å²) in [5.74, 6) is 0.922. The van der Waals surface area contributed by atoms with Gasteiger partial charge in [-0.3, -0.25) is 4.79 Å². The molecule has 26 heavy (non-hydrogen) atoms. The standard InChI is InChI=1S/C19H16FN3O3/c1-12-21-8-9-23(12)15-7-6-13(10-14(15)20)22-19(24)18-11-25-16-4-2-3-5-17(16)26-18/h2-10,18H,11H2,1H3,(H,22,24). The molecular formula is C19H16FN3O3. The second kappa shape index (κ2) is 6.51. The van der Waals surface area contributed by atoms with E-state index < -0.39 is 17.8 Å². The Morgan fingerprint density at radius 3 is 2.81 bits per heavy atom. The number of fused-ring (bicyclic) bond motifs is 1. The molecule has 1 amide bonds. The number of benzene rings is 2. The monoisotopic (exact) mass is 353 g/mol. The quantitative estimate of drug-likeness (QED) is 0.786. The fourth-order valence-corrected chi connectivity index (χ4v) is 2.78. The van der Waals surface area contributed by atoms with Gasteiger partial charge in [0.1, 0.15) is 18.2 Å². The van der Waals surface area contributed by atoms with Crippen molar-refractivity contribution in [3.63, 3.8) is 0 Å². The van der Waals surface area contributed by atoms with Crippen molar-refractivity contribution in [1.29, 1.82) is 0 Å². The fraction of sp³-hybridized carbons (Fsp3) is 0.158. The molecule has 1 unspecified atom stereocenters. The van der Waals surface area contributed by atoms with Crippen molar-refractivity contribution >= 4 is 11.6 Å². The van der Waals surface area contributed by atoms with Gasteiger partial charge in [0.15, 0.2) is 11.5 Å². The highest BCUT2D eigenvalue weighted by Crippen LogP contribution is 2.31. The van der Waals surface area contributed by atoms with E-state index in [1.54, 1.807) is 54.2 Å². The van der Waals surface area contributed by atoms with Crippen molar-refractivity contribution in [1.82, 2.24) is 9.55 Å². The summed E-state index contributed by atoms with van der Waals surface area (Å²) in [5, 5.41) is 2.66. The molecule has 1 aromatic heterocycles. The first-order valence-corrected chi connectivity index (χ1v) is 8.11. The molecule has 1 aliphatic rings. The SMILES string of the molecule is Cc1nccn1-c1ccc(NC(=O)C2COc3ccccc3O2)cc1F. The molecule has 1 N–H and O–H groups in total. The molecular weight excluding hydrogens is 337 g/mol. The van der Waals surface area contributed by atoms with E-state index in [0.29, 0.717) is 28.7 Å². The first-order chi connectivity index (χ1) is 12.6. The summed E-state index contributed by atoms with van der Waals surface area (Å²) >= 11 is 0. The van der Waals surface area contributed by atoms with Gasteiger partial charge in [0.2, 0.25) is 6.10 Å². The van der Waals surface area contributed by atoms with Gasteiger partial charge in [-0.15, -0.1) is 0 Å². The molecule has 0 fully saturated rings. The van der Waals surface area contributed by atoms with E-state index in [2.05, 4.69) is 10.3 Å². The van der Waals surface area contributed by atoms with Gasteiger partial charge in [0.25, 0.3) is 5.91 Å². The second-order valence-electron chi connectivity index (χ2n) is 5.86. The molecule has 1 aliphatic heterocycles. The van der Waals surface area contributed by atoms with E-state index in [-0.39, 0.29) is 6.61 Å². The number of aromatic nitrogens is 2. The number of ether oxygens (including phenoxy) is 2. The zero-order valence-electron chi connectivity index (χ0n) is 14.0. The number of hydrogen-bond donors (Lipinski definition) is 1. The summed E-state index contributed by atoms with van der Waals surface area (Å²) in [6.45, 7) is 1.88. The van der Waals surface area contributed by atoms with Crippen LogP contribution in [0.5, 0.6) is 11.5 Å². The van der Waals surface area contributed by atoms with Crippen LogP contribution in [0.15, 0.2) is 54.9 Å². The van der Waals surface area contributed by atoms with Crippen LogP contribution in [0.4, 0.5) is 10.1 Å². The summed E-state index contributed by atoms with van der Waals surface area (Å²) in [6.07, 6.45) is 2.47. The second-order valence-corrected chi connectivity index (χ2v) is 5.86. The summed E-state index contributed by atoms with van der Waals surface area (Å²) in [6, 6.07) is 11.6. The topological polar surface area (TPSA) is 65.4 Å². The number of imidazole rings is 1. The predicted molar refractivity (Wildman–Crippen MR) is 93.2 cm³/mol. The van der Waals surface area contributed by atoms with Gasteiger partial charge in [0, 0.05) is 18.1 Å². The van der Waals surface area contributed by atoms with Crippen molar-refractivity contribution in [2.45, 2.75) is 13.0 Å². The van der Waals surface area contributed by atoms with Crippen LogP contribution in [-0.4, -0.2) is 28.2 Å². The van der Waals surface area contributed by atoms with Gasteiger partial charge in [-0.1, -0.05) is 12.1 Å². The molecule has 0 bridgehead atoms. The number of para-hydroxylation sites is 2. The van der Waals surface area contributed by atoms with Crippen LogP contribution >= 0.6 is 0 Å². The minimum atomic E-state index is -0.802. The molecule has 2 aromatic carbocycles. The van der Waals surface area contributed by atoms with E-state index in [0.717, 1.165) is 0 Å². The van der Waals surface area contributed by atoms with E-state index in [9.17, 15) is 9.18 Å². The molecule has 2 heterocycles. The Hall–Kier alpha value is -3.35. The number of halogens is 1. The van der Waals surface area contributed by atoms with Crippen LogP contribution in [0.2, 0.25) is 0 Å². The minimum absolute atomic E-state index is 0.0949. The van der Waals surface area contributed by atoms with E-state index in [1.807, 2.05) is 6.07 Å². The number of anilines is 1. The summed E-state index contributed by atoms with van der Waals surface area (Å²) in [7, 11) is 0. The number of nitrogens with one attached hydrogen (secondary N) is 1. The van der Waals surface area contributed by atoms with E-state index in [1.165, 1.54) is 6.07 Å². The highest BCUT2D eigenvalue weighted by atomic mass is 19.1. The predicted octanol–water partition coefficient (Wildman–Crippen LogP) is 3.10. The number of hydrogen-bond acceptors (Lipinski definition) is 4. The van der Waals surface area contributed by atoms with Gasteiger partial charge in [-0.05, 0) is 37.3 Å². The zero-order valence-corrected chi connectivity index (χ0v) is 14.0. The number of rotatable bonds is 3. The van der Waals surface area contributed by atoms with Crippen molar-refractivity contribution in [2.24, 2.45) is 0 Å². The average Bonchev–Trinajstić information content (AvgIpc) is 3.07. The minimum Gasteiger partial charge on any atom is -0.485 e. The third-order valence-electron chi connectivity index (χ3n) is 4.10. The maximum atomic E-state index is 14.4. The lowest BCUT2D eigenvalue weighted by atomic mass is 10.2. The number of amides is 1. The Kier molecular flexibility index (Phi) is 4.04. The molecule has 6 nitrogen and oxygen atoms in total. The smallest absolute Gasteiger partial charge is 0.269 e. The molecule has 0 radical (unpaired) electrons.